The summed E-state index contributed by atoms with van der Waals surface area (Å²) in [4.78, 5) is 12.3. The number of hydrogen-bond donors (Lipinski definition) is 4. The minimum absolute atomic E-state index is 0.112. The number of nitrogens with zero attached hydrogens (tertiary/aromatic N) is 3. The van der Waals surface area contributed by atoms with Gasteiger partial charge < -0.3 is 26.0 Å². The van der Waals surface area contributed by atoms with Gasteiger partial charge in [0.2, 0.25) is 5.95 Å². The average molecular weight is 343 g/mol. The summed E-state index contributed by atoms with van der Waals surface area (Å²) in [5.41, 5.74) is 7.25. The Hall–Kier alpha value is -2.89. The van der Waals surface area contributed by atoms with Crippen LogP contribution in [0.3, 0.4) is 0 Å². The van der Waals surface area contributed by atoms with Crippen LogP contribution in [0.2, 0.25) is 0 Å². The predicted molar refractivity (Wildman–Crippen MR) is 94.4 cm³/mol. The number of hydrogen-bond acceptors (Lipinski definition) is 8. The number of aliphatic hydroxyl groups is 2. The maximum absolute atomic E-state index is 9.08. The minimum Gasteiger partial charge on any atom is -0.451 e. The monoisotopic (exact) mass is 343 g/mol. The van der Waals surface area contributed by atoms with Crippen molar-refractivity contribution in [3.8, 4) is 23.8 Å². The van der Waals surface area contributed by atoms with Crippen LogP contribution < -0.4 is 15.8 Å². The van der Waals surface area contributed by atoms with Crippen molar-refractivity contribution in [1.82, 2.24) is 15.0 Å². The van der Waals surface area contributed by atoms with E-state index in [-0.39, 0.29) is 36.6 Å². The van der Waals surface area contributed by atoms with Crippen LogP contribution in [-0.4, -0.2) is 44.4 Å². The quantitative estimate of drug-likeness (QED) is 0.551. The fraction of sp³-hybridized carbons (Fsp3) is 0.353. The molecule has 2 aromatic heterocycles. The maximum Gasteiger partial charge on any atom is 0.225 e. The molecule has 0 bridgehead atoms. The highest BCUT2D eigenvalue weighted by Crippen LogP contribution is 2.32. The van der Waals surface area contributed by atoms with Crippen LogP contribution in [0.4, 0.5) is 11.8 Å². The molecule has 8 heteroatoms. The van der Waals surface area contributed by atoms with Gasteiger partial charge in [-0.15, -0.1) is 6.42 Å². The van der Waals surface area contributed by atoms with E-state index in [1.165, 1.54) is 6.20 Å². The summed E-state index contributed by atoms with van der Waals surface area (Å²) in [5.74, 6) is 3.74. The summed E-state index contributed by atoms with van der Waals surface area (Å²) in [7, 11) is 0. The number of nitrogens with two attached hydrogens (primary N) is 1. The van der Waals surface area contributed by atoms with Crippen molar-refractivity contribution >= 4 is 11.8 Å². The van der Waals surface area contributed by atoms with Gasteiger partial charge in [-0.3, -0.25) is 0 Å². The van der Waals surface area contributed by atoms with E-state index in [9.17, 15) is 0 Å². The molecule has 0 fully saturated rings. The highest BCUT2D eigenvalue weighted by atomic mass is 16.5. The second kappa shape index (κ2) is 8.28. The molecule has 0 spiro atoms. The second-order valence-corrected chi connectivity index (χ2v) is 5.66. The summed E-state index contributed by atoms with van der Waals surface area (Å²) in [6, 6.07) is 1.09. The number of pyridine rings is 1. The van der Waals surface area contributed by atoms with Gasteiger partial charge in [0.1, 0.15) is 11.4 Å². The highest BCUT2D eigenvalue weighted by Gasteiger charge is 2.14. The van der Waals surface area contributed by atoms with Crippen molar-refractivity contribution in [3.05, 3.63) is 29.7 Å². The van der Waals surface area contributed by atoms with Crippen LogP contribution in [-0.2, 0) is 0 Å². The molecule has 0 aromatic carbocycles. The van der Waals surface area contributed by atoms with Crippen molar-refractivity contribution in [3.63, 3.8) is 0 Å². The fourth-order valence-electron chi connectivity index (χ4n) is 2.03. The molecule has 0 amide bonds. The van der Waals surface area contributed by atoms with E-state index >= 15 is 0 Å². The molecule has 132 valence electrons. The van der Waals surface area contributed by atoms with E-state index in [0.717, 1.165) is 5.56 Å². The summed E-state index contributed by atoms with van der Waals surface area (Å²) < 4.78 is 5.84. The SMILES string of the molecule is C#Cc1cc(Oc2cnc(NC(CO)CO)nc2N)c(C(C)C)cn1. The molecule has 25 heavy (non-hydrogen) atoms. The molecule has 0 atom stereocenters. The van der Waals surface area contributed by atoms with Gasteiger partial charge in [0.05, 0.1) is 25.5 Å². The van der Waals surface area contributed by atoms with E-state index < -0.39 is 6.04 Å². The predicted octanol–water partition coefficient (Wildman–Crippen LogP) is 1.12. The fourth-order valence-corrected chi connectivity index (χ4v) is 2.03. The lowest BCUT2D eigenvalue weighted by Crippen LogP contribution is -2.28. The van der Waals surface area contributed by atoms with Crippen molar-refractivity contribution in [2.45, 2.75) is 25.8 Å². The van der Waals surface area contributed by atoms with E-state index in [1.807, 2.05) is 13.8 Å². The average Bonchev–Trinajstić information content (AvgIpc) is 2.61. The van der Waals surface area contributed by atoms with Gasteiger partial charge in [-0.1, -0.05) is 19.8 Å². The molecular formula is C17H21N5O3. The number of aromatic nitrogens is 3. The van der Waals surface area contributed by atoms with Gasteiger partial charge in [0, 0.05) is 17.8 Å². The van der Waals surface area contributed by atoms with Crippen LogP contribution >= 0.6 is 0 Å². The summed E-state index contributed by atoms with van der Waals surface area (Å²) in [5, 5.41) is 20.9. The molecule has 0 aliphatic heterocycles. The zero-order chi connectivity index (χ0) is 18.4. The lowest BCUT2D eigenvalue weighted by Gasteiger charge is -2.16. The van der Waals surface area contributed by atoms with Crippen LogP contribution in [0.25, 0.3) is 0 Å². The third-order valence-corrected chi connectivity index (χ3v) is 3.44. The number of rotatable bonds is 7. The molecular weight excluding hydrogens is 322 g/mol. The zero-order valence-electron chi connectivity index (χ0n) is 14.1. The molecule has 8 nitrogen and oxygen atoms in total. The lowest BCUT2D eigenvalue weighted by atomic mass is 10.0. The highest BCUT2D eigenvalue weighted by molar-refractivity contribution is 5.52. The van der Waals surface area contributed by atoms with E-state index in [1.54, 1.807) is 12.3 Å². The van der Waals surface area contributed by atoms with E-state index in [0.29, 0.717) is 11.4 Å². The molecule has 0 radical (unpaired) electrons. The van der Waals surface area contributed by atoms with Crippen LogP contribution in [0, 0.1) is 12.3 Å². The Morgan fingerprint density at radius 1 is 1.24 bits per heavy atom. The standard InChI is InChI=1S/C17H21N5O3/c1-4-11-5-14(13(6-19-11)10(2)3)25-15-7-20-17(22-16(15)18)21-12(8-23)9-24/h1,5-7,10,12,23-24H,8-9H2,2-3H3,(H3,18,20,21,22). The Kier molecular flexibility index (Phi) is 6.11. The Morgan fingerprint density at radius 2 is 1.96 bits per heavy atom. The van der Waals surface area contributed by atoms with Crippen molar-refractivity contribution in [1.29, 1.82) is 0 Å². The first-order valence-corrected chi connectivity index (χ1v) is 7.73. The Balaban J connectivity index is 2.28. The molecule has 0 saturated heterocycles. The Morgan fingerprint density at radius 3 is 2.52 bits per heavy atom. The van der Waals surface area contributed by atoms with Gasteiger partial charge in [0.15, 0.2) is 11.6 Å². The van der Waals surface area contributed by atoms with Gasteiger partial charge in [-0.05, 0) is 5.92 Å². The molecule has 0 aliphatic rings. The molecule has 2 heterocycles. The molecule has 5 N–H and O–H groups in total. The topological polar surface area (TPSA) is 126 Å². The second-order valence-electron chi connectivity index (χ2n) is 5.66. The number of anilines is 2. The first-order valence-electron chi connectivity index (χ1n) is 7.73. The van der Waals surface area contributed by atoms with Crippen LogP contribution in [0.1, 0.15) is 31.0 Å². The number of terminal acetylenes is 1. The first-order chi connectivity index (χ1) is 12.0. The van der Waals surface area contributed by atoms with Gasteiger partial charge in [-0.25, -0.2) is 9.97 Å². The third-order valence-electron chi connectivity index (χ3n) is 3.44. The molecule has 0 aliphatic carbocycles. The van der Waals surface area contributed by atoms with Crippen LogP contribution in [0.5, 0.6) is 11.5 Å². The molecule has 2 rings (SSSR count). The van der Waals surface area contributed by atoms with Gasteiger partial charge >= 0.3 is 0 Å². The first kappa shape index (κ1) is 18.4. The summed E-state index contributed by atoms with van der Waals surface area (Å²) >= 11 is 0. The summed E-state index contributed by atoms with van der Waals surface area (Å²) in [6.45, 7) is 3.50. The molecule has 2 aromatic rings. The Bertz CT molecular complexity index is 769. The molecule has 0 saturated carbocycles. The van der Waals surface area contributed by atoms with Crippen molar-refractivity contribution in [2.24, 2.45) is 0 Å². The van der Waals surface area contributed by atoms with Gasteiger partial charge in [0.25, 0.3) is 0 Å². The third kappa shape index (κ3) is 4.56. The van der Waals surface area contributed by atoms with Gasteiger partial charge in [-0.2, -0.15) is 4.98 Å². The number of nitrogen functional groups attached to an aromatic ring is 1. The van der Waals surface area contributed by atoms with Crippen molar-refractivity contribution in [2.75, 3.05) is 24.3 Å². The van der Waals surface area contributed by atoms with Crippen LogP contribution in [0.15, 0.2) is 18.5 Å². The van der Waals surface area contributed by atoms with E-state index in [2.05, 4.69) is 26.2 Å². The zero-order valence-corrected chi connectivity index (χ0v) is 14.1. The summed E-state index contributed by atoms with van der Waals surface area (Å²) in [6.07, 6.45) is 8.48. The number of nitrogens with one attached hydrogen (secondary N) is 1. The lowest BCUT2D eigenvalue weighted by molar-refractivity contribution is 0.203. The number of aliphatic hydroxyl groups excluding tert-OH is 2. The van der Waals surface area contributed by atoms with E-state index in [4.69, 9.17) is 27.1 Å². The largest absolute Gasteiger partial charge is 0.451 e. The van der Waals surface area contributed by atoms with Crippen molar-refractivity contribution < 1.29 is 14.9 Å². The minimum atomic E-state index is -0.572. The normalized spacial score (nSPS) is 10.8. The Labute approximate surface area is 146 Å². The molecule has 0 unspecified atom stereocenters. The maximum atomic E-state index is 9.08. The smallest absolute Gasteiger partial charge is 0.225 e. The number of ether oxygens (including phenoxy) is 1.